The summed E-state index contributed by atoms with van der Waals surface area (Å²) in [5.41, 5.74) is 2.34. The zero-order valence-electron chi connectivity index (χ0n) is 14.8. The van der Waals surface area contributed by atoms with Crippen molar-refractivity contribution in [2.75, 3.05) is 19.7 Å². The zero-order valence-corrected chi connectivity index (χ0v) is 15.6. The minimum Gasteiger partial charge on any atom is -0.494 e. The largest absolute Gasteiger partial charge is 0.494 e. The van der Waals surface area contributed by atoms with E-state index in [1.807, 2.05) is 6.20 Å². The first-order valence-electron chi connectivity index (χ1n) is 9.36. The lowest BCUT2D eigenvalue weighted by molar-refractivity contribution is 0.220. The topological polar surface area (TPSA) is 41.1 Å². The van der Waals surface area contributed by atoms with Crippen LogP contribution in [0.1, 0.15) is 49.2 Å². The number of halogens is 1. The molecule has 0 unspecified atom stereocenters. The van der Waals surface area contributed by atoms with Gasteiger partial charge in [-0.3, -0.25) is 4.90 Å². The number of aryl methyl sites for hydroxylation is 1. The molecule has 0 bridgehead atoms. The van der Waals surface area contributed by atoms with E-state index in [1.165, 1.54) is 37.9 Å². The van der Waals surface area contributed by atoms with Crippen LogP contribution in [0.25, 0.3) is 0 Å². The third-order valence-corrected chi connectivity index (χ3v) is 4.94. The van der Waals surface area contributed by atoms with Crippen LogP contribution in [0, 0.1) is 0 Å². The predicted octanol–water partition coefficient (Wildman–Crippen LogP) is 4.54. The fourth-order valence-corrected chi connectivity index (χ4v) is 3.43. The van der Waals surface area contributed by atoms with Crippen LogP contribution in [-0.4, -0.2) is 34.6 Å². The van der Waals surface area contributed by atoms with Crippen molar-refractivity contribution in [3.63, 3.8) is 0 Å². The van der Waals surface area contributed by atoms with E-state index in [0.29, 0.717) is 5.88 Å². The molecule has 1 aliphatic heterocycles. The molecule has 136 valence electrons. The molecule has 4 nitrogen and oxygen atoms in total. The maximum atomic E-state index is 5.93. The molecule has 1 aromatic heterocycles. The van der Waals surface area contributed by atoms with E-state index in [0.717, 1.165) is 49.7 Å². The predicted molar refractivity (Wildman–Crippen MR) is 102 cm³/mol. The number of imidazole rings is 1. The summed E-state index contributed by atoms with van der Waals surface area (Å²) < 4.78 is 5.93. The van der Waals surface area contributed by atoms with Gasteiger partial charge in [-0.15, -0.1) is 11.6 Å². The lowest BCUT2D eigenvalue weighted by Gasteiger charge is -2.26. The molecule has 1 fully saturated rings. The fraction of sp³-hybridized carbons (Fsp3) is 0.550. The van der Waals surface area contributed by atoms with E-state index >= 15 is 0 Å². The molecule has 1 saturated heterocycles. The second-order valence-corrected chi connectivity index (χ2v) is 7.05. The summed E-state index contributed by atoms with van der Waals surface area (Å²) in [6.45, 7) is 4.24. The smallest absolute Gasteiger partial charge is 0.119 e. The van der Waals surface area contributed by atoms with E-state index in [-0.39, 0.29) is 0 Å². The van der Waals surface area contributed by atoms with Crippen molar-refractivity contribution in [1.29, 1.82) is 0 Å². The molecule has 5 heteroatoms. The molecule has 2 aromatic rings. The Hall–Kier alpha value is -1.52. The van der Waals surface area contributed by atoms with Crippen molar-refractivity contribution in [1.82, 2.24) is 14.9 Å². The van der Waals surface area contributed by atoms with E-state index in [4.69, 9.17) is 16.3 Å². The number of nitrogens with zero attached hydrogens (tertiary/aromatic N) is 2. The number of ether oxygens (including phenoxy) is 1. The maximum absolute atomic E-state index is 5.93. The average Bonchev–Trinajstić information content (AvgIpc) is 3.11. The Morgan fingerprint density at radius 3 is 2.84 bits per heavy atom. The number of H-pyrrole nitrogens is 1. The van der Waals surface area contributed by atoms with Crippen molar-refractivity contribution in [3.05, 3.63) is 47.5 Å². The Morgan fingerprint density at radius 1 is 1.16 bits per heavy atom. The molecule has 3 rings (SSSR count). The Bertz CT molecular complexity index is 637. The maximum Gasteiger partial charge on any atom is 0.119 e. The van der Waals surface area contributed by atoms with Crippen molar-refractivity contribution >= 4 is 11.6 Å². The number of aromatic nitrogens is 2. The van der Waals surface area contributed by atoms with Gasteiger partial charge in [-0.25, -0.2) is 4.98 Å². The van der Waals surface area contributed by atoms with Crippen LogP contribution in [0.4, 0.5) is 0 Å². The summed E-state index contributed by atoms with van der Waals surface area (Å²) in [5.74, 6) is 2.49. The van der Waals surface area contributed by atoms with Crippen LogP contribution in [0.3, 0.4) is 0 Å². The van der Waals surface area contributed by atoms with E-state index in [9.17, 15) is 0 Å². The highest BCUT2D eigenvalue weighted by atomic mass is 35.5. The molecule has 1 N–H and O–H groups in total. The van der Waals surface area contributed by atoms with Crippen LogP contribution in [0.15, 0.2) is 30.5 Å². The van der Waals surface area contributed by atoms with Gasteiger partial charge in [-0.1, -0.05) is 18.6 Å². The number of rotatable bonds is 9. The van der Waals surface area contributed by atoms with Crippen LogP contribution in [0.2, 0.25) is 0 Å². The number of alkyl halides is 1. The highest BCUT2D eigenvalue weighted by Crippen LogP contribution is 2.18. The summed E-state index contributed by atoms with van der Waals surface area (Å²) >= 11 is 5.77. The van der Waals surface area contributed by atoms with Crippen molar-refractivity contribution < 1.29 is 4.74 Å². The third-order valence-electron chi connectivity index (χ3n) is 4.65. The second kappa shape index (κ2) is 9.83. The summed E-state index contributed by atoms with van der Waals surface area (Å²) in [4.78, 5) is 10.1. The van der Waals surface area contributed by atoms with Gasteiger partial charge < -0.3 is 9.72 Å². The molecule has 0 saturated carbocycles. The molecule has 0 spiro atoms. The summed E-state index contributed by atoms with van der Waals surface area (Å²) in [7, 11) is 0. The number of unbranched alkanes of at least 4 members (excludes halogenated alkanes) is 1. The quantitative estimate of drug-likeness (QED) is 0.526. The van der Waals surface area contributed by atoms with Crippen molar-refractivity contribution in [3.8, 4) is 5.75 Å². The molecule has 0 radical (unpaired) electrons. The van der Waals surface area contributed by atoms with Gasteiger partial charge in [0.2, 0.25) is 0 Å². The minimum atomic E-state index is 0.490. The van der Waals surface area contributed by atoms with E-state index < -0.39 is 0 Å². The number of nitrogens with one attached hydrogen (secondary N) is 1. The molecule has 0 aliphatic carbocycles. The molecule has 0 amide bonds. The SMILES string of the molecule is ClCc1cnc(CCCCOc2cccc(CN3CCCCC3)c2)[nH]1. The first-order chi connectivity index (χ1) is 12.3. The van der Waals surface area contributed by atoms with E-state index in [2.05, 4.69) is 39.1 Å². The average molecular weight is 362 g/mol. The Labute approximate surface area is 155 Å². The van der Waals surface area contributed by atoms with Crippen LogP contribution >= 0.6 is 11.6 Å². The monoisotopic (exact) mass is 361 g/mol. The zero-order chi connectivity index (χ0) is 17.3. The standard InChI is InChI=1S/C20H28ClN3O/c21-14-18-15-22-20(23-18)9-2-5-12-25-19-8-6-7-17(13-19)16-24-10-3-1-4-11-24/h6-8,13,15H,1-5,9-12,14,16H2,(H,22,23). The van der Waals surface area contributed by atoms with Crippen LogP contribution in [-0.2, 0) is 18.8 Å². The van der Waals surface area contributed by atoms with Gasteiger partial charge in [0, 0.05) is 24.9 Å². The van der Waals surface area contributed by atoms with Crippen LogP contribution < -0.4 is 4.74 Å². The van der Waals surface area contributed by atoms with Gasteiger partial charge in [0.15, 0.2) is 0 Å². The number of aromatic amines is 1. The lowest BCUT2D eigenvalue weighted by atomic mass is 10.1. The van der Waals surface area contributed by atoms with Gasteiger partial charge in [0.05, 0.1) is 12.5 Å². The van der Waals surface area contributed by atoms with Crippen molar-refractivity contribution in [2.45, 2.75) is 50.9 Å². The number of hydrogen-bond acceptors (Lipinski definition) is 3. The number of likely N-dealkylation sites (tertiary alicyclic amines) is 1. The molecular formula is C20H28ClN3O. The van der Waals surface area contributed by atoms with Gasteiger partial charge >= 0.3 is 0 Å². The highest BCUT2D eigenvalue weighted by molar-refractivity contribution is 6.16. The number of benzene rings is 1. The second-order valence-electron chi connectivity index (χ2n) is 6.78. The van der Waals surface area contributed by atoms with Gasteiger partial charge in [-0.05, 0) is 56.5 Å². The molecule has 25 heavy (non-hydrogen) atoms. The lowest BCUT2D eigenvalue weighted by Crippen LogP contribution is -2.29. The highest BCUT2D eigenvalue weighted by Gasteiger charge is 2.10. The first kappa shape index (κ1) is 18.3. The third kappa shape index (κ3) is 6.05. The molecular weight excluding hydrogens is 334 g/mol. The van der Waals surface area contributed by atoms with Gasteiger partial charge in [0.25, 0.3) is 0 Å². The number of hydrogen-bond donors (Lipinski definition) is 1. The Morgan fingerprint density at radius 2 is 2.04 bits per heavy atom. The Balaban J connectivity index is 1.37. The summed E-state index contributed by atoms with van der Waals surface area (Å²) in [5, 5.41) is 0. The minimum absolute atomic E-state index is 0.490. The van der Waals surface area contributed by atoms with Gasteiger partial charge in [0.1, 0.15) is 11.6 Å². The molecule has 2 heterocycles. The molecule has 0 atom stereocenters. The normalized spacial score (nSPS) is 15.4. The van der Waals surface area contributed by atoms with Gasteiger partial charge in [-0.2, -0.15) is 0 Å². The Kier molecular flexibility index (Phi) is 7.19. The van der Waals surface area contributed by atoms with Crippen LogP contribution in [0.5, 0.6) is 5.75 Å². The molecule has 1 aromatic carbocycles. The summed E-state index contributed by atoms with van der Waals surface area (Å²) in [6, 6.07) is 8.55. The first-order valence-corrected chi connectivity index (χ1v) is 9.90. The van der Waals surface area contributed by atoms with Crippen molar-refractivity contribution in [2.24, 2.45) is 0 Å². The van der Waals surface area contributed by atoms with E-state index in [1.54, 1.807) is 0 Å². The fourth-order valence-electron chi connectivity index (χ4n) is 3.29. The molecule has 1 aliphatic rings. The number of piperidine rings is 1. The summed E-state index contributed by atoms with van der Waals surface area (Å²) in [6.07, 6.45) is 8.87.